The zero-order chi connectivity index (χ0) is 12.4. The molecule has 0 bridgehead atoms. The molecule has 0 atom stereocenters. The van der Waals surface area contributed by atoms with Crippen LogP contribution >= 0.6 is 0 Å². The zero-order valence-corrected chi connectivity index (χ0v) is 9.31. The van der Waals surface area contributed by atoms with E-state index in [-0.39, 0.29) is 12.5 Å². The second-order valence-corrected chi connectivity index (χ2v) is 5.67. The van der Waals surface area contributed by atoms with Gasteiger partial charge in [0.1, 0.15) is 0 Å². The minimum absolute atomic E-state index is 0.00125. The molecule has 0 aromatic rings. The van der Waals surface area contributed by atoms with Gasteiger partial charge in [-0.1, -0.05) is 0 Å². The summed E-state index contributed by atoms with van der Waals surface area (Å²) in [4.78, 5) is 0. The maximum atomic E-state index is 12.0. The van der Waals surface area contributed by atoms with Crippen molar-refractivity contribution in [2.24, 2.45) is 5.92 Å². The van der Waals surface area contributed by atoms with E-state index in [0.717, 1.165) is 0 Å². The van der Waals surface area contributed by atoms with E-state index < -0.39 is 21.6 Å². The Balaban J connectivity index is 2.52. The first-order valence-electron chi connectivity index (χ1n) is 4.95. The van der Waals surface area contributed by atoms with Gasteiger partial charge < -0.3 is 5.11 Å². The van der Waals surface area contributed by atoms with Gasteiger partial charge in [0.2, 0.25) is 0 Å². The van der Waals surface area contributed by atoms with Crippen LogP contribution in [0.4, 0.5) is 13.2 Å². The molecule has 0 amide bonds. The molecule has 16 heavy (non-hydrogen) atoms. The van der Waals surface area contributed by atoms with Crippen LogP contribution in [0.5, 0.6) is 0 Å². The third kappa shape index (κ3) is 3.33. The van der Waals surface area contributed by atoms with Crippen LogP contribution < -0.4 is 4.72 Å². The number of hydrogen-bond acceptors (Lipinski definition) is 3. The summed E-state index contributed by atoms with van der Waals surface area (Å²) in [5, 5.41) is 8.82. The zero-order valence-electron chi connectivity index (χ0n) is 8.50. The monoisotopic (exact) mass is 261 g/mol. The summed E-state index contributed by atoms with van der Waals surface area (Å²) in [6.07, 6.45) is 1.75. The second-order valence-electron chi connectivity index (χ2n) is 3.97. The van der Waals surface area contributed by atoms with Crippen LogP contribution in [0.15, 0.2) is 0 Å². The van der Waals surface area contributed by atoms with E-state index in [0.29, 0.717) is 25.7 Å². The lowest BCUT2D eigenvalue weighted by Crippen LogP contribution is -2.44. The van der Waals surface area contributed by atoms with Crippen LogP contribution in [0.2, 0.25) is 0 Å². The molecular weight excluding hydrogens is 247 g/mol. The first-order valence-corrected chi connectivity index (χ1v) is 6.44. The van der Waals surface area contributed by atoms with Crippen LogP contribution in [0.1, 0.15) is 25.7 Å². The fourth-order valence-corrected chi connectivity index (χ4v) is 2.56. The van der Waals surface area contributed by atoms with Gasteiger partial charge in [-0.25, -0.2) is 13.1 Å². The smallest absolute Gasteiger partial charge is 0.396 e. The number of hydrogen-bond donors (Lipinski definition) is 2. The van der Waals surface area contributed by atoms with Gasteiger partial charge >= 0.3 is 15.5 Å². The number of aliphatic hydroxyl groups excluding tert-OH is 1. The standard InChI is InChI=1S/C8H14F3NO3S/c9-8(10,11)16(14,15)12-7-3-1-6(5-13)2-4-7/h6-7,12-13H,1-5H2/t6-,7-. The lowest BCUT2D eigenvalue weighted by atomic mass is 9.87. The quantitative estimate of drug-likeness (QED) is 0.795. The number of alkyl halides is 3. The van der Waals surface area contributed by atoms with Crippen LogP contribution in [-0.4, -0.2) is 31.7 Å². The van der Waals surface area contributed by atoms with Crippen molar-refractivity contribution in [3.05, 3.63) is 0 Å². The molecule has 0 radical (unpaired) electrons. The summed E-state index contributed by atoms with van der Waals surface area (Å²) in [6.45, 7) is -0.00125. The Morgan fingerprint density at radius 1 is 1.19 bits per heavy atom. The maximum absolute atomic E-state index is 12.0. The molecule has 0 aromatic heterocycles. The molecule has 96 valence electrons. The van der Waals surface area contributed by atoms with Gasteiger partial charge in [-0.15, -0.1) is 0 Å². The minimum Gasteiger partial charge on any atom is -0.396 e. The topological polar surface area (TPSA) is 66.4 Å². The lowest BCUT2D eigenvalue weighted by Gasteiger charge is -2.27. The first kappa shape index (κ1) is 13.7. The van der Waals surface area contributed by atoms with Gasteiger partial charge in [-0.2, -0.15) is 13.2 Å². The van der Waals surface area contributed by atoms with E-state index in [1.54, 1.807) is 4.72 Å². The highest BCUT2D eigenvalue weighted by atomic mass is 32.2. The minimum atomic E-state index is -5.25. The number of halogens is 3. The molecule has 0 spiro atoms. The molecule has 0 unspecified atom stereocenters. The normalized spacial score (nSPS) is 28.0. The van der Waals surface area contributed by atoms with Crippen molar-refractivity contribution < 1.29 is 26.7 Å². The Hall–Kier alpha value is -0.340. The van der Waals surface area contributed by atoms with Crippen molar-refractivity contribution in [3.8, 4) is 0 Å². The molecule has 1 saturated carbocycles. The van der Waals surface area contributed by atoms with Crippen molar-refractivity contribution in [1.29, 1.82) is 0 Å². The van der Waals surface area contributed by atoms with Crippen LogP contribution in [0.3, 0.4) is 0 Å². The summed E-state index contributed by atoms with van der Waals surface area (Å²) >= 11 is 0. The van der Waals surface area contributed by atoms with Gasteiger partial charge in [0.25, 0.3) is 0 Å². The Morgan fingerprint density at radius 3 is 2.06 bits per heavy atom. The highest BCUT2D eigenvalue weighted by Gasteiger charge is 2.46. The highest BCUT2D eigenvalue weighted by Crippen LogP contribution is 2.27. The van der Waals surface area contributed by atoms with E-state index in [4.69, 9.17) is 5.11 Å². The van der Waals surface area contributed by atoms with E-state index in [1.165, 1.54) is 0 Å². The number of sulfonamides is 1. The molecule has 0 saturated heterocycles. The Morgan fingerprint density at radius 2 is 1.69 bits per heavy atom. The highest BCUT2D eigenvalue weighted by molar-refractivity contribution is 7.90. The fourth-order valence-electron chi connectivity index (χ4n) is 1.75. The van der Waals surface area contributed by atoms with Crippen molar-refractivity contribution in [3.63, 3.8) is 0 Å². The van der Waals surface area contributed by atoms with Crippen LogP contribution in [-0.2, 0) is 10.0 Å². The average Bonchev–Trinajstić information content (AvgIpc) is 2.16. The SMILES string of the molecule is O=S(=O)(N[C@H]1CC[C@H](CO)CC1)C(F)(F)F. The average molecular weight is 261 g/mol. The molecule has 0 heterocycles. The van der Waals surface area contributed by atoms with E-state index in [9.17, 15) is 21.6 Å². The third-order valence-electron chi connectivity index (χ3n) is 2.73. The van der Waals surface area contributed by atoms with Crippen molar-refractivity contribution in [1.82, 2.24) is 4.72 Å². The number of rotatable bonds is 3. The third-order valence-corrected chi connectivity index (χ3v) is 3.98. The van der Waals surface area contributed by atoms with Gasteiger partial charge in [-0.3, -0.25) is 0 Å². The summed E-state index contributed by atoms with van der Waals surface area (Å²) in [7, 11) is -5.23. The molecule has 8 heteroatoms. The summed E-state index contributed by atoms with van der Waals surface area (Å²) in [6, 6.07) is -0.672. The molecule has 0 aromatic carbocycles. The predicted molar refractivity (Wildman–Crippen MR) is 50.9 cm³/mol. The molecule has 1 rings (SSSR count). The summed E-state index contributed by atoms with van der Waals surface area (Å²) in [5.41, 5.74) is -5.25. The lowest BCUT2D eigenvalue weighted by molar-refractivity contribution is -0.0452. The Bertz CT molecular complexity index is 320. The van der Waals surface area contributed by atoms with E-state index >= 15 is 0 Å². The molecular formula is C8H14F3NO3S. The summed E-state index contributed by atoms with van der Waals surface area (Å²) in [5.74, 6) is 0.0756. The van der Waals surface area contributed by atoms with Crippen LogP contribution in [0, 0.1) is 5.92 Å². The van der Waals surface area contributed by atoms with Gasteiger partial charge in [-0.05, 0) is 31.6 Å². The van der Waals surface area contributed by atoms with Gasteiger partial charge in [0, 0.05) is 12.6 Å². The summed E-state index contributed by atoms with van der Waals surface area (Å²) < 4.78 is 59.3. The molecule has 1 aliphatic carbocycles. The molecule has 1 aliphatic rings. The van der Waals surface area contributed by atoms with E-state index in [2.05, 4.69) is 0 Å². The molecule has 4 nitrogen and oxygen atoms in total. The van der Waals surface area contributed by atoms with Crippen molar-refractivity contribution in [2.45, 2.75) is 37.2 Å². The number of aliphatic hydroxyl groups is 1. The van der Waals surface area contributed by atoms with Crippen molar-refractivity contribution in [2.75, 3.05) is 6.61 Å². The molecule has 2 N–H and O–H groups in total. The van der Waals surface area contributed by atoms with Crippen molar-refractivity contribution >= 4 is 10.0 Å². The van der Waals surface area contributed by atoms with Gasteiger partial charge in [0.05, 0.1) is 0 Å². The maximum Gasteiger partial charge on any atom is 0.511 e. The second kappa shape index (κ2) is 4.89. The Labute approximate surface area is 91.9 Å². The number of nitrogens with one attached hydrogen (secondary N) is 1. The first-order chi connectivity index (χ1) is 7.26. The van der Waals surface area contributed by atoms with Gasteiger partial charge in [0.15, 0.2) is 0 Å². The molecule has 1 fully saturated rings. The van der Waals surface area contributed by atoms with Crippen LogP contribution in [0.25, 0.3) is 0 Å². The fraction of sp³-hybridized carbons (Fsp3) is 1.00. The Kier molecular flexibility index (Phi) is 4.19. The van der Waals surface area contributed by atoms with E-state index in [1.807, 2.05) is 0 Å². The largest absolute Gasteiger partial charge is 0.511 e. The predicted octanol–water partition coefficient (Wildman–Crippen LogP) is 0.977. The molecule has 0 aliphatic heterocycles.